The average molecular weight is 1920 g/mol. The molecule has 2 aliphatic rings. The number of fused-ring (bicyclic) bond motifs is 28. The number of rotatable bonds is 2. The molecule has 24 bridgehead atoms. The maximum atomic E-state index is 15.8. The Bertz CT molecular complexity index is 7320. The van der Waals surface area contributed by atoms with Gasteiger partial charge in [-0.3, -0.25) is 14.4 Å². The Morgan fingerprint density at radius 1 is 0.282 bits per heavy atom. The molecule has 3 radical (unpaired) electrons. The number of nitrogens with zero attached hydrogens (tertiary/aromatic N) is 7. The molecule has 0 amide bonds. The molecule has 0 aliphatic carbocycles. The van der Waals surface area contributed by atoms with Crippen molar-refractivity contribution in [3.8, 4) is 45.3 Å². The molecule has 16 aromatic rings. The van der Waals surface area contributed by atoms with E-state index >= 15 is 17.6 Å². The number of phenolic OH excluding ortho intramolecular Hbond substituents is 4. The first kappa shape index (κ1) is 98.3. The third-order valence-corrected chi connectivity index (χ3v) is 21.7. The summed E-state index contributed by atoms with van der Waals surface area (Å²) in [7, 11) is 0. The van der Waals surface area contributed by atoms with Crippen LogP contribution >= 0.6 is 0 Å². The molecule has 0 saturated carbocycles. The summed E-state index contributed by atoms with van der Waals surface area (Å²) >= 11 is 0. The van der Waals surface area contributed by atoms with Crippen molar-refractivity contribution in [3.05, 3.63) is 249 Å². The number of carboxylic acids is 3. The monoisotopic (exact) mass is 1920 g/mol. The third kappa shape index (κ3) is 18.9. The van der Waals surface area contributed by atoms with Gasteiger partial charge < -0.3 is 45.7 Å². The average Bonchev–Trinajstić information content (AvgIpc) is 1.64. The van der Waals surface area contributed by atoms with Gasteiger partial charge in [0.15, 0.2) is 46.5 Å². The summed E-state index contributed by atoms with van der Waals surface area (Å²) in [6, 6.07) is 42.7. The van der Waals surface area contributed by atoms with Crippen molar-refractivity contribution in [2.75, 3.05) is 0 Å². The number of pyridine rings is 4. The third-order valence-electron chi connectivity index (χ3n) is 21.7. The smallest absolute Gasteiger partial charge is 0.300 e. The molecule has 0 atom stereocenters. The van der Waals surface area contributed by atoms with Crippen molar-refractivity contribution in [2.24, 2.45) is 0 Å². The molecule has 0 saturated heterocycles. The number of hydrogen-bond donors (Lipinski definition) is 8. The SMILES string of the molecule is CC(=O)O.CC(=O)O.CC(=O)O.CC(C)(C)c1cc2c3nc(c(-c4c(F)c(F)c(F)c(F)c4F)c4ccc([n-]4)c4cc(C(C)(C)C)cc(c4O)c4ccc5ccc6ccc(nc6c5n4)c(c1)c2O)C=C3.CC(C)(C)c1cc2c3nc(c(-c4c(F)c(F)c(F)c(F)c4F)c4ccc([nH]4)c4cc(C(C)(C)C)cc(c4O)c4ccc5ccc6ccc(nc6c5n4)c(c1)c2O)C=C3.[Co].[Co].[Co]. The number of aromatic amines is 1. The zero-order valence-electron chi connectivity index (χ0n) is 72.4. The summed E-state index contributed by atoms with van der Waals surface area (Å²) in [6.45, 7) is 27.2. The van der Waals surface area contributed by atoms with Crippen LogP contribution in [0.25, 0.3) is 177 Å². The Labute approximate surface area is 771 Å². The first-order chi connectivity index (χ1) is 60.0. The second kappa shape index (κ2) is 36.9. The van der Waals surface area contributed by atoms with E-state index < -0.39 is 120 Å². The number of aromatic nitrogens is 8. The maximum Gasteiger partial charge on any atom is 0.300 e. The van der Waals surface area contributed by atoms with Crippen LogP contribution in [0.15, 0.2) is 146 Å². The van der Waals surface area contributed by atoms with Crippen molar-refractivity contribution in [1.29, 1.82) is 0 Å². The number of H-pyrrole nitrogens is 1. The summed E-state index contributed by atoms with van der Waals surface area (Å²) < 4.78 is 152. The van der Waals surface area contributed by atoms with E-state index in [-0.39, 0.29) is 134 Å². The van der Waals surface area contributed by atoms with Crippen molar-refractivity contribution >= 4 is 173 Å². The van der Waals surface area contributed by atoms with E-state index in [1.54, 1.807) is 54.6 Å². The first-order valence-electron chi connectivity index (χ1n) is 39.9. The largest absolute Gasteiger partial charge is 0.657 e. The van der Waals surface area contributed by atoms with Crippen molar-refractivity contribution in [3.63, 3.8) is 0 Å². The van der Waals surface area contributed by atoms with E-state index in [2.05, 4.69) is 15.0 Å². The Morgan fingerprint density at radius 2 is 0.519 bits per heavy atom. The molecular weight excluding hydrogens is 1840 g/mol. The molecule has 31 heteroatoms. The predicted molar refractivity (Wildman–Crippen MR) is 480 cm³/mol. The number of carbonyl (C=O) groups is 3. The second-order valence-electron chi connectivity index (χ2n) is 35.0. The minimum absolute atomic E-state index is 0. The van der Waals surface area contributed by atoms with Crippen molar-refractivity contribution in [2.45, 2.75) is 126 Å². The number of phenols is 4. The van der Waals surface area contributed by atoms with E-state index in [1.807, 2.05) is 156 Å². The minimum atomic E-state index is -2.31. The molecule has 2 aliphatic heterocycles. The van der Waals surface area contributed by atoms with Crippen molar-refractivity contribution in [1.82, 2.24) is 39.9 Å². The van der Waals surface area contributed by atoms with Crippen LogP contribution < -0.4 is 4.98 Å². The van der Waals surface area contributed by atoms with E-state index in [1.165, 1.54) is 42.5 Å². The summed E-state index contributed by atoms with van der Waals surface area (Å²) in [5.74, 6) is -24.6. The fraction of sp³-hybridized carbons (Fsp3) is 0.190. The Balaban J connectivity index is 0.000000221. The Morgan fingerprint density at radius 3 is 0.840 bits per heavy atom. The van der Waals surface area contributed by atoms with Gasteiger partial charge in [0.25, 0.3) is 17.9 Å². The number of hydrogen-bond acceptors (Lipinski definition) is 13. The molecule has 18 nitrogen and oxygen atoms in total. The van der Waals surface area contributed by atoms with Gasteiger partial charge in [-0.25, -0.2) is 73.8 Å². The van der Waals surface area contributed by atoms with Gasteiger partial charge in [-0.05, 0) is 159 Å². The molecule has 18 rings (SSSR count). The Kier molecular flexibility index (Phi) is 27.7. The van der Waals surface area contributed by atoms with Crippen LogP contribution in [0, 0.1) is 58.2 Å². The number of benzene rings is 8. The topological polar surface area (TPSA) is 300 Å². The summed E-state index contributed by atoms with van der Waals surface area (Å²) in [4.78, 5) is 64.4. The standard InChI is InChI=1S/C47H35F5N4O2.C47H34F5N4O2.3C2H4O2.3Co/c2*1-46(2,3)23-17-25-29-13-15-33(53-29)35(36-37(48)39(50)41(52)40(51)38(36)49)34-16-14-30(54-34)26-18-24(47(4,5)6)20-28(45(26)58)32-12-10-22-8-7-21-9-11-31(27(19-23)44(25)57)55-42(21)43(22)56-32;3*1-2(3)4;;;/h7-20,53,57-58H,1-6H3;7-20H,1-6H3,(H2-,53,54,55,56,57,58);3*1H3,(H,3,4);;;/q;-1;;;;;;. The normalized spacial score (nSPS) is 11.9. The quantitative estimate of drug-likeness (QED) is 0.0345. The van der Waals surface area contributed by atoms with E-state index in [9.17, 15) is 46.8 Å². The number of nitrogens with one attached hydrogen (secondary N) is 1. The fourth-order valence-electron chi connectivity index (χ4n) is 15.1. The molecule has 8 aromatic carbocycles. The molecule has 0 unspecified atom stereocenters. The van der Waals surface area contributed by atoms with Crippen LogP contribution in [-0.2, 0) is 86.4 Å². The van der Waals surface area contributed by atoms with Gasteiger partial charge in [-0.2, -0.15) is 0 Å². The van der Waals surface area contributed by atoms with E-state index in [4.69, 9.17) is 54.6 Å². The number of carboxylic acid groups (broad SMARTS) is 3. The van der Waals surface area contributed by atoms with Gasteiger partial charge in [-0.15, -0.1) is 11.0 Å². The molecule has 10 heterocycles. The molecule has 0 spiro atoms. The van der Waals surface area contributed by atoms with Gasteiger partial charge in [0.2, 0.25) is 11.6 Å². The summed E-state index contributed by atoms with van der Waals surface area (Å²) in [5, 5.41) is 76.1. The second-order valence-corrected chi connectivity index (χ2v) is 35.0. The zero-order chi connectivity index (χ0) is 93.1. The van der Waals surface area contributed by atoms with E-state index in [0.717, 1.165) is 64.6 Å². The molecule has 8 N–H and O–H groups in total. The van der Waals surface area contributed by atoms with Crippen molar-refractivity contribution < 1.29 is 144 Å². The van der Waals surface area contributed by atoms with E-state index in [0.29, 0.717) is 71.1 Å². The van der Waals surface area contributed by atoms with Gasteiger partial charge in [0.05, 0.1) is 78.0 Å². The van der Waals surface area contributed by atoms with Crippen LogP contribution in [0.2, 0.25) is 0 Å². The first-order valence-corrected chi connectivity index (χ1v) is 39.9. The predicted octanol–water partition coefficient (Wildman–Crippen LogP) is 25.2. The Hall–Kier alpha value is -13.3. The van der Waals surface area contributed by atoms with Crippen LogP contribution in [0.3, 0.4) is 0 Å². The molecule has 131 heavy (non-hydrogen) atoms. The van der Waals surface area contributed by atoms with Crippen LogP contribution in [0.4, 0.5) is 43.9 Å². The number of aliphatic carboxylic acids is 3. The van der Waals surface area contributed by atoms with Crippen LogP contribution in [0.1, 0.15) is 149 Å². The van der Waals surface area contributed by atoms with Gasteiger partial charge in [-0.1, -0.05) is 144 Å². The zero-order valence-corrected chi connectivity index (χ0v) is 75.6. The molecule has 679 valence electrons. The fourth-order valence-corrected chi connectivity index (χ4v) is 15.1. The molecule has 0 fully saturated rings. The summed E-state index contributed by atoms with van der Waals surface area (Å²) in [5.41, 5.74) is 2.20. The minimum Gasteiger partial charge on any atom is -0.657 e. The molecule has 8 aromatic heterocycles. The number of aromatic hydroxyl groups is 4. The van der Waals surface area contributed by atoms with Gasteiger partial charge in [0.1, 0.15) is 23.0 Å². The van der Waals surface area contributed by atoms with Crippen LogP contribution in [-0.4, -0.2) is 88.5 Å². The van der Waals surface area contributed by atoms with Gasteiger partial charge >= 0.3 is 0 Å². The van der Waals surface area contributed by atoms with Crippen LogP contribution in [0.5, 0.6) is 23.0 Å². The van der Waals surface area contributed by atoms with Gasteiger partial charge in [0, 0.05) is 152 Å². The number of halogens is 10. The summed E-state index contributed by atoms with van der Waals surface area (Å²) in [6.07, 6.45) is 5.76. The molecular formula is C100H81Co3F10N8O10-. The maximum absolute atomic E-state index is 15.8.